The van der Waals surface area contributed by atoms with Crippen LogP contribution in [0.15, 0.2) is 41.5 Å². The fourth-order valence-corrected chi connectivity index (χ4v) is 2.41. The van der Waals surface area contributed by atoms with Crippen molar-refractivity contribution in [3.63, 3.8) is 0 Å². The molecular formula is C16H13FN3O2P. The largest absolute Gasteiger partial charge is 0.327 e. The molecule has 0 bridgehead atoms. The number of nitrogens with zero attached hydrogens (tertiary/aromatic N) is 2. The lowest BCUT2D eigenvalue weighted by molar-refractivity contribution is 0.400. The van der Waals surface area contributed by atoms with Crippen LogP contribution in [-0.4, -0.2) is 12.3 Å². The van der Waals surface area contributed by atoms with Crippen LogP contribution in [0.1, 0.15) is 16.7 Å². The molecule has 0 aliphatic rings. The molecule has 2 aromatic rings. The van der Waals surface area contributed by atoms with Crippen molar-refractivity contribution in [3.8, 4) is 17.2 Å². The molecule has 0 radical (unpaired) electrons. The number of aryl methyl sites for hydroxylation is 1. The molecule has 0 spiro atoms. The molecule has 2 N–H and O–H groups in total. The summed E-state index contributed by atoms with van der Waals surface area (Å²) in [7, 11) is -0.498. The van der Waals surface area contributed by atoms with E-state index in [0.717, 1.165) is 5.56 Å². The molecule has 23 heavy (non-hydrogen) atoms. The maximum absolute atomic E-state index is 14.5. The quantitative estimate of drug-likeness (QED) is 0.393. The van der Waals surface area contributed by atoms with Gasteiger partial charge in [0.05, 0.1) is 17.3 Å². The molecule has 0 amide bonds. The van der Waals surface area contributed by atoms with Gasteiger partial charge in [-0.1, -0.05) is 18.2 Å². The smallest absolute Gasteiger partial charge is 0.323 e. The molecule has 2 rings (SSSR count). The zero-order valence-corrected chi connectivity index (χ0v) is 13.2. The number of nitriles is 1. The molecule has 0 atom stereocenters. The van der Waals surface area contributed by atoms with Crippen molar-refractivity contribution in [2.24, 2.45) is 10.9 Å². The second-order valence-electron chi connectivity index (χ2n) is 4.76. The van der Waals surface area contributed by atoms with Crippen molar-refractivity contribution < 1.29 is 13.5 Å². The molecule has 7 heteroatoms. The minimum atomic E-state index is -0.498. The van der Waals surface area contributed by atoms with Crippen molar-refractivity contribution in [2.45, 2.75) is 6.92 Å². The summed E-state index contributed by atoms with van der Waals surface area (Å²) in [6.07, 6.45) is 0. The van der Waals surface area contributed by atoms with Gasteiger partial charge >= 0.3 is 8.69 Å². The Bertz CT molecular complexity index is 815. The number of halogens is 1. The molecule has 0 aliphatic carbocycles. The van der Waals surface area contributed by atoms with E-state index in [9.17, 15) is 8.96 Å². The summed E-state index contributed by atoms with van der Waals surface area (Å²) in [5.74, 6) is 4.80. The average Bonchev–Trinajstić information content (AvgIpc) is 2.56. The van der Waals surface area contributed by atoms with Crippen LogP contribution in [0.2, 0.25) is 0 Å². The van der Waals surface area contributed by atoms with Gasteiger partial charge in [0.1, 0.15) is 12.4 Å². The molecule has 0 heterocycles. The van der Waals surface area contributed by atoms with Crippen LogP contribution in [-0.2, 0) is 9.09 Å². The van der Waals surface area contributed by atoms with Crippen molar-refractivity contribution in [3.05, 3.63) is 58.9 Å². The maximum atomic E-state index is 14.5. The van der Waals surface area contributed by atoms with E-state index >= 15 is 0 Å². The van der Waals surface area contributed by atoms with E-state index < -0.39 is 14.5 Å². The van der Waals surface area contributed by atoms with Gasteiger partial charge in [-0.2, -0.15) is 10.4 Å². The highest BCUT2D eigenvalue weighted by molar-refractivity contribution is 7.17. The lowest BCUT2D eigenvalue weighted by Gasteiger charge is -2.10. The Morgan fingerprint density at radius 1 is 1.35 bits per heavy atom. The molecule has 0 saturated carbocycles. The van der Waals surface area contributed by atoms with E-state index in [-0.39, 0.29) is 12.3 Å². The minimum Gasteiger partial charge on any atom is -0.323 e. The summed E-state index contributed by atoms with van der Waals surface area (Å²) in [6, 6.07) is 11.7. The van der Waals surface area contributed by atoms with E-state index in [4.69, 9.17) is 15.6 Å². The van der Waals surface area contributed by atoms with Crippen LogP contribution in [0.5, 0.6) is 0 Å². The summed E-state index contributed by atoms with van der Waals surface area (Å²) < 4.78 is 29.5. The topological polar surface area (TPSA) is 88.5 Å². The van der Waals surface area contributed by atoms with Gasteiger partial charge in [0.2, 0.25) is 0 Å². The number of benzene rings is 2. The van der Waals surface area contributed by atoms with Gasteiger partial charge < -0.3 is 5.84 Å². The van der Waals surface area contributed by atoms with E-state index in [0.29, 0.717) is 22.3 Å². The zero-order valence-electron chi connectivity index (χ0n) is 12.3. The summed E-state index contributed by atoms with van der Waals surface area (Å²) >= 11 is 0. The average molecular weight is 329 g/mol. The highest BCUT2D eigenvalue weighted by atomic mass is 31.1. The SMILES string of the molecule is Cc1cc(C#N)ccc1-c1ccc(/C(COP=O)=N/N)cc1F. The van der Waals surface area contributed by atoms with Crippen LogP contribution >= 0.6 is 8.69 Å². The first kappa shape index (κ1) is 16.8. The second-order valence-corrected chi connectivity index (χ2v) is 5.17. The highest BCUT2D eigenvalue weighted by Crippen LogP contribution is 2.27. The fraction of sp³-hybridized carbons (Fsp3) is 0.125. The lowest BCUT2D eigenvalue weighted by atomic mass is 9.96. The molecule has 0 aromatic heterocycles. The Hall–Kier alpha value is -2.61. The van der Waals surface area contributed by atoms with Gasteiger partial charge in [0.15, 0.2) is 0 Å². The van der Waals surface area contributed by atoms with Crippen LogP contribution in [0.3, 0.4) is 0 Å². The summed E-state index contributed by atoms with van der Waals surface area (Å²) in [4.78, 5) is 0. The number of hydrazone groups is 1. The fourth-order valence-electron chi connectivity index (χ4n) is 2.23. The van der Waals surface area contributed by atoms with E-state index in [2.05, 4.69) is 5.10 Å². The van der Waals surface area contributed by atoms with E-state index in [1.165, 1.54) is 6.07 Å². The van der Waals surface area contributed by atoms with Crippen LogP contribution < -0.4 is 5.84 Å². The van der Waals surface area contributed by atoms with Crippen LogP contribution in [0, 0.1) is 24.1 Å². The van der Waals surface area contributed by atoms with Crippen molar-refractivity contribution in [1.29, 1.82) is 5.26 Å². The molecule has 5 nitrogen and oxygen atoms in total. The zero-order chi connectivity index (χ0) is 16.8. The first-order valence-corrected chi connectivity index (χ1v) is 7.36. The standard InChI is InChI=1S/C16H13FN3O2P/c1-10-6-11(8-18)2-4-13(10)14-5-3-12(7-15(14)17)16(20-19)9-22-23-21/h2-7H,9,19H2,1H3/b20-16+. The number of hydrogen-bond acceptors (Lipinski definition) is 5. The van der Waals surface area contributed by atoms with Crippen LogP contribution in [0.4, 0.5) is 4.39 Å². The van der Waals surface area contributed by atoms with Gasteiger partial charge in [0, 0.05) is 11.1 Å². The molecular weight excluding hydrogens is 316 g/mol. The number of rotatable bonds is 5. The predicted molar refractivity (Wildman–Crippen MR) is 85.6 cm³/mol. The van der Waals surface area contributed by atoms with Gasteiger partial charge in [-0.3, -0.25) is 4.52 Å². The third-order valence-corrected chi connectivity index (χ3v) is 3.59. The lowest BCUT2D eigenvalue weighted by Crippen LogP contribution is -2.10. The molecule has 2 aromatic carbocycles. The third kappa shape index (κ3) is 3.78. The molecule has 116 valence electrons. The van der Waals surface area contributed by atoms with Gasteiger partial charge in [0.25, 0.3) is 0 Å². The molecule has 0 unspecified atom stereocenters. The summed E-state index contributed by atoms with van der Waals surface area (Å²) in [5, 5.41) is 12.4. The number of hydrogen-bond donors (Lipinski definition) is 1. The molecule has 0 aliphatic heterocycles. The summed E-state index contributed by atoms with van der Waals surface area (Å²) in [5.41, 5.74) is 3.18. The normalized spacial score (nSPS) is 11.4. The minimum absolute atomic E-state index is 0.0871. The Morgan fingerprint density at radius 2 is 2.09 bits per heavy atom. The predicted octanol–water partition coefficient (Wildman–Crippen LogP) is 3.56. The number of nitrogens with two attached hydrogens (primary N) is 1. The van der Waals surface area contributed by atoms with E-state index in [1.54, 1.807) is 30.3 Å². The van der Waals surface area contributed by atoms with E-state index in [1.807, 2.05) is 13.0 Å². The van der Waals surface area contributed by atoms with Crippen molar-refractivity contribution in [1.82, 2.24) is 0 Å². The maximum Gasteiger partial charge on any atom is 0.327 e. The third-order valence-electron chi connectivity index (χ3n) is 3.36. The van der Waals surface area contributed by atoms with Crippen molar-refractivity contribution in [2.75, 3.05) is 6.61 Å². The molecule has 0 fully saturated rings. The second kappa shape index (κ2) is 7.59. The Morgan fingerprint density at radius 3 is 2.65 bits per heavy atom. The van der Waals surface area contributed by atoms with Crippen molar-refractivity contribution >= 4 is 14.4 Å². The Kier molecular flexibility index (Phi) is 5.53. The van der Waals surface area contributed by atoms with Gasteiger partial charge in [-0.25, -0.2) is 8.96 Å². The van der Waals surface area contributed by atoms with Gasteiger partial charge in [-0.05, 0) is 36.2 Å². The summed E-state index contributed by atoms with van der Waals surface area (Å²) in [6.45, 7) is 1.73. The first-order chi connectivity index (χ1) is 11.1. The highest BCUT2D eigenvalue weighted by Gasteiger charge is 2.12. The van der Waals surface area contributed by atoms with Gasteiger partial charge in [-0.15, -0.1) is 0 Å². The monoisotopic (exact) mass is 329 g/mol. The molecule has 0 saturated heterocycles. The first-order valence-electron chi connectivity index (χ1n) is 6.63. The Labute approximate surface area is 134 Å². The Balaban J connectivity index is 2.40. The van der Waals surface area contributed by atoms with Crippen LogP contribution in [0.25, 0.3) is 11.1 Å².